The first-order chi connectivity index (χ1) is 6.62. The summed E-state index contributed by atoms with van der Waals surface area (Å²) < 4.78 is 12.6. The zero-order valence-corrected chi connectivity index (χ0v) is 7.90. The quantitative estimate of drug-likeness (QED) is 0.742. The second kappa shape index (κ2) is 4.28. The first-order valence-electron chi connectivity index (χ1n) is 4.40. The smallest absolute Gasteiger partial charge is 0.141 e. The summed E-state index contributed by atoms with van der Waals surface area (Å²) >= 11 is 0. The summed E-state index contributed by atoms with van der Waals surface area (Å²) in [5.74, 6) is -0.460. The second-order valence-electron chi connectivity index (χ2n) is 3.12. The highest BCUT2D eigenvalue weighted by atomic mass is 19.1. The number of nitrogens with zero attached hydrogens (tertiary/aromatic N) is 1. The first-order valence-corrected chi connectivity index (χ1v) is 4.40. The summed E-state index contributed by atoms with van der Waals surface area (Å²) in [4.78, 5) is 14.1. The van der Waals surface area contributed by atoms with Crippen LogP contribution < -0.4 is 0 Å². The summed E-state index contributed by atoms with van der Waals surface area (Å²) in [5, 5.41) is 9.97. The zero-order chi connectivity index (χ0) is 10.6. The SMILES string of the molecule is CCC(O)(CC=O)c1ccc(F)cn1. The topological polar surface area (TPSA) is 50.2 Å². The molecule has 0 radical (unpaired) electrons. The van der Waals surface area contributed by atoms with Gasteiger partial charge in [0.05, 0.1) is 11.9 Å². The lowest BCUT2D eigenvalue weighted by Gasteiger charge is -2.23. The molecule has 3 nitrogen and oxygen atoms in total. The van der Waals surface area contributed by atoms with Crippen molar-refractivity contribution in [1.82, 2.24) is 4.98 Å². The van der Waals surface area contributed by atoms with Crippen LogP contribution >= 0.6 is 0 Å². The Morgan fingerprint density at radius 3 is 2.79 bits per heavy atom. The summed E-state index contributed by atoms with van der Waals surface area (Å²) in [6.07, 6.45) is 2.00. The summed E-state index contributed by atoms with van der Waals surface area (Å²) in [7, 11) is 0. The van der Waals surface area contributed by atoms with Gasteiger partial charge in [-0.3, -0.25) is 4.98 Å². The van der Waals surface area contributed by atoms with E-state index in [-0.39, 0.29) is 6.42 Å². The van der Waals surface area contributed by atoms with E-state index in [1.807, 2.05) is 0 Å². The number of aldehydes is 1. The molecule has 0 bridgehead atoms. The van der Waals surface area contributed by atoms with Crippen molar-refractivity contribution in [1.29, 1.82) is 0 Å². The summed E-state index contributed by atoms with van der Waals surface area (Å²) in [5.41, 5.74) is -0.941. The Hall–Kier alpha value is -1.29. The molecule has 1 rings (SSSR count). The third kappa shape index (κ3) is 2.14. The average Bonchev–Trinajstić information content (AvgIpc) is 2.19. The van der Waals surface area contributed by atoms with Crippen molar-refractivity contribution < 1.29 is 14.3 Å². The van der Waals surface area contributed by atoms with E-state index in [9.17, 15) is 14.3 Å². The van der Waals surface area contributed by atoms with Gasteiger partial charge in [0.2, 0.25) is 0 Å². The van der Waals surface area contributed by atoms with Crippen LogP contribution in [0.4, 0.5) is 4.39 Å². The van der Waals surface area contributed by atoms with E-state index in [0.717, 1.165) is 6.20 Å². The van der Waals surface area contributed by atoms with Crippen LogP contribution in [0, 0.1) is 5.82 Å². The van der Waals surface area contributed by atoms with Crippen LogP contribution in [0.5, 0.6) is 0 Å². The monoisotopic (exact) mass is 197 g/mol. The third-order valence-electron chi connectivity index (χ3n) is 2.21. The van der Waals surface area contributed by atoms with Crippen molar-refractivity contribution in [2.45, 2.75) is 25.4 Å². The molecular formula is C10H12FNO2. The molecule has 1 heterocycles. The third-order valence-corrected chi connectivity index (χ3v) is 2.21. The maximum Gasteiger partial charge on any atom is 0.141 e. The molecule has 0 aliphatic rings. The Labute approximate surface area is 81.6 Å². The van der Waals surface area contributed by atoms with Gasteiger partial charge in [0.25, 0.3) is 0 Å². The highest BCUT2D eigenvalue weighted by Gasteiger charge is 2.27. The number of aliphatic hydroxyl groups is 1. The molecule has 0 spiro atoms. The fourth-order valence-corrected chi connectivity index (χ4v) is 1.22. The lowest BCUT2D eigenvalue weighted by atomic mass is 9.93. The van der Waals surface area contributed by atoms with Crippen LogP contribution in [0.25, 0.3) is 0 Å². The minimum absolute atomic E-state index is 0.0257. The Bertz CT molecular complexity index is 312. The molecule has 1 aromatic heterocycles. The Kier molecular flexibility index (Phi) is 3.30. The van der Waals surface area contributed by atoms with E-state index in [4.69, 9.17) is 0 Å². The van der Waals surface area contributed by atoms with Crippen molar-refractivity contribution in [2.24, 2.45) is 0 Å². The number of aromatic nitrogens is 1. The molecule has 0 saturated heterocycles. The Balaban J connectivity index is 2.99. The number of carbonyl (C=O) groups is 1. The van der Waals surface area contributed by atoms with Gasteiger partial charge in [-0.1, -0.05) is 6.92 Å². The van der Waals surface area contributed by atoms with E-state index in [1.54, 1.807) is 6.92 Å². The Morgan fingerprint density at radius 1 is 1.64 bits per heavy atom. The van der Waals surface area contributed by atoms with Crippen molar-refractivity contribution >= 4 is 6.29 Å². The molecule has 0 aliphatic carbocycles. The van der Waals surface area contributed by atoms with Gasteiger partial charge in [0.1, 0.15) is 17.7 Å². The molecule has 1 N–H and O–H groups in total. The Morgan fingerprint density at radius 2 is 2.36 bits per heavy atom. The van der Waals surface area contributed by atoms with Gasteiger partial charge >= 0.3 is 0 Å². The van der Waals surface area contributed by atoms with Gasteiger partial charge in [-0.25, -0.2) is 4.39 Å². The molecule has 4 heteroatoms. The molecule has 14 heavy (non-hydrogen) atoms. The van der Waals surface area contributed by atoms with E-state index >= 15 is 0 Å². The predicted octanol–water partition coefficient (Wildman–Crippen LogP) is 1.41. The van der Waals surface area contributed by atoms with Gasteiger partial charge in [-0.15, -0.1) is 0 Å². The minimum atomic E-state index is -1.27. The van der Waals surface area contributed by atoms with Crippen molar-refractivity contribution in [3.8, 4) is 0 Å². The highest BCUT2D eigenvalue weighted by Crippen LogP contribution is 2.25. The fourth-order valence-electron chi connectivity index (χ4n) is 1.22. The normalized spacial score (nSPS) is 14.8. The van der Waals surface area contributed by atoms with Crippen molar-refractivity contribution in [2.75, 3.05) is 0 Å². The van der Waals surface area contributed by atoms with Crippen LogP contribution in [0.1, 0.15) is 25.5 Å². The molecule has 1 atom stereocenters. The second-order valence-corrected chi connectivity index (χ2v) is 3.12. The summed E-state index contributed by atoms with van der Waals surface area (Å²) in [6, 6.07) is 2.61. The largest absolute Gasteiger partial charge is 0.383 e. The van der Waals surface area contributed by atoms with E-state index in [2.05, 4.69) is 4.98 Å². The molecule has 76 valence electrons. The van der Waals surface area contributed by atoms with Crippen LogP contribution in [0.2, 0.25) is 0 Å². The lowest BCUT2D eigenvalue weighted by molar-refractivity contribution is -0.113. The molecule has 1 unspecified atom stereocenters. The molecule has 0 aliphatic heterocycles. The fraction of sp³-hybridized carbons (Fsp3) is 0.400. The van der Waals surface area contributed by atoms with Crippen LogP contribution in [0.15, 0.2) is 18.3 Å². The van der Waals surface area contributed by atoms with Gasteiger partial charge in [-0.2, -0.15) is 0 Å². The number of carbonyl (C=O) groups excluding carboxylic acids is 1. The predicted molar refractivity (Wildman–Crippen MR) is 49.1 cm³/mol. The maximum atomic E-state index is 12.6. The number of hydrogen-bond donors (Lipinski definition) is 1. The summed E-state index contributed by atoms with van der Waals surface area (Å²) in [6.45, 7) is 1.74. The number of hydrogen-bond acceptors (Lipinski definition) is 3. The zero-order valence-electron chi connectivity index (χ0n) is 7.90. The molecule has 0 aromatic carbocycles. The molecule has 0 fully saturated rings. The maximum absolute atomic E-state index is 12.6. The van der Waals surface area contributed by atoms with Gasteiger partial charge < -0.3 is 9.90 Å². The van der Waals surface area contributed by atoms with Gasteiger partial charge in [-0.05, 0) is 18.6 Å². The van der Waals surface area contributed by atoms with Crippen LogP contribution in [-0.4, -0.2) is 16.4 Å². The van der Waals surface area contributed by atoms with Crippen molar-refractivity contribution in [3.63, 3.8) is 0 Å². The molecule has 1 aromatic rings. The van der Waals surface area contributed by atoms with Gasteiger partial charge in [0, 0.05) is 6.42 Å². The average molecular weight is 197 g/mol. The number of rotatable bonds is 4. The number of halogens is 1. The van der Waals surface area contributed by atoms with Gasteiger partial charge in [0.15, 0.2) is 0 Å². The highest BCUT2D eigenvalue weighted by molar-refractivity contribution is 5.52. The number of pyridine rings is 1. The van der Waals surface area contributed by atoms with E-state index in [1.165, 1.54) is 12.1 Å². The standard InChI is InChI=1S/C10H12FNO2/c1-2-10(14,5-6-13)9-4-3-8(11)7-12-9/h3-4,6-7,14H,2,5H2,1H3. The molecular weight excluding hydrogens is 185 g/mol. The molecule has 0 saturated carbocycles. The minimum Gasteiger partial charge on any atom is -0.383 e. The van der Waals surface area contributed by atoms with Crippen LogP contribution in [0.3, 0.4) is 0 Å². The van der Waals surface area contributed by atoms with E-state index in [0.29, 0.717) is 18.4 Å². The van der Waals surface area contributed by atoms with Crippen LogP contribution in [-0.2, 0) is 10.4 Å². The van der Waals surface area contributed by atoms with Crippen molar-refractivity contribution in [3.05, 3.63) is 29.8 Å². The molecule has 0 amide bonds. The first kappa shape index (κ1) is 10.8. The van der Waals surface area contributed by atoms with E-state index < -0.39 is 11.4 Å². The lowest BCUT2D eigenvalue weighted by Crippen LogP contribution is -2.26.